The summed E-state index contributed by atoms with van der Waals surface area (Å²) in [5, 5.41) is 14.4. The number of nitrogens with zero attached hydrogens (tertiary/aromatic N) is 2. The van der Waals surface area contributed by atoms with Gasteiger partial charge in [-0.25, -0.2) is 4.98 Å². The lowest BCUT2D eigenvalue weighted by Crippen LogP contribution is -2.40. The van der Waals surface area contributed by atoms with Crippen molar-refractivity contribution in [2.45, 2.75) is 31.4 Å². The molecule has 1 saturated carbocycles. The van der Waals surface area contributed by atoms with Gasteiger partial charge in [0.1, 0.15) is 11.5 Å². The standard InChI is InChI=1S/C21H18Cl3N3O2/c22-12-4-7-14(8-5-12)27-11-18(21(29)26-17-2-1-3-19(17)28)25-20(27)15-9-6-13(23)10-16(15)24/h4-11,17,19,28H,1-3H2,(H,26,29). The molecular weight excluding hydrogens is 433 g/mol. The number of aromatic nitrogens is 2. The summed E-state index contributed by atoms with van der Waals surface area (Å²) in [7, 11) is 0. The van der Waals surface area contributed by atoms with Crippen LogP contribution in [0.1, 0.15) is 29.8 Å². The zero-order valence-electron chi connectivity index (χ0n) is 15.3. The first kappa shape index (κ1) is 20.2. The second-order valence-electron chi connectivity index (χ2n) is 7.00. The molecule has 2 aromatic carbocycles. The number of imidazole rings is 1. The first-order chi connectivity index (χ1) is 13.9. The van der Waals surface area contributed by atoms with Crippen molar-refractivity contribution in [3.63, 3.8) is 0 Å². The molecule has 1 fully saturated rings. The van der Waals surface area contributed by atoms with Crippen LogP contribution in [0.15, 0.2) is 48.7 Å². The Morgan fingerprint density at radius 2 is 1.79 bits per heavy atom. The van der Waals surface area contributed by atoms with E-state index in [1.807, 2.05) is 12.1 Å². The van der Waals surface area contributed by atoms with E-state index in [0.29, 0.717) is 32.9 Å². The number of hydrogen-bond acceptors (Lipinski definition) is 3. The number of amides is 1. The molecule has 4 rings (SSSR count). The van der Waals surface area contributed by atoms with Crippen molar-refractivity contribution in [1.29, 1.82) is 0 Å². The minimum atomic E-state index is -0.525. The van der Waals surface area contributed by atoms with Crippen LogP contribution in [0.4, 0.5) is 0 Å². The molecule has 0 bridgehead atoms. The molecule has 150 valence electrons. The number of hydrogen-bond donors (Lipinski definition) is 2. The van der Waals surface area contributed by atoms with Gasteiger partial charge in [0, 0.05) is 27.5 Å². The predicted molar refractivity (Wildman–Crippen MR) is 115 cm³/mol. The normalized spacial score (nSPS) is 18.8. The SMILES string of the molecule is O=C(NC1CCCC1O)c1cn(-c2ccc(Cl)cc2)c(-c2ccc(Cl)cc2Cl)n1. The summed E-state index contributed by atoms with van der Waals surface area (Å²) in [5.41, 5.74) is 1.66. The van der Waals surface area contributed by atoms with E-state index in [1.54, 1.807) is 41.1 Å². The van der Waals surface area contributed by atoms with Crippen molar-refractivity contribution in [2.24, 2.45) is 0 Å². The molecule has 0 saturated heterocycles. The lowest BCUT2D eigenvalue weighted by atomic mass is 10.2. The fourth-order valence-electron chi connectivity index (χ4n) is 3.50. The van der Waals surface area contributed by atoms with Gasteiger partial charge in [0.15, 0.2) is 0 Å². The number of nitrogens with one attached hydrogen (secondary N) is 1. The molecular formula is C21H18Cl3N3O2. The van der Waals surface area contributed by atoms with Crippen LogP contribution in [0.25, 0.3) is 17.1 Å². The number of aliphatic hydroxyl groups is 1. The maximum atomic E-state index is 12.8. The van der Waals surface area contributed by atoms with Crippen LogP contribution in [-0.4, -0.2) is 32.7 Å². The van der Waals surface area contributed by atoms with Crippen LogP contribution in [0, 0.1) is 0 Å². The lowest BCUT2D eigenvalue weighted by molar-refractivity contribution is 0.0869. The monoisotopic (exact) mass is 449 g/mol. The molecule has 5 nitrogen and oxygen atoms in total. The van der Waals surface area contributed by atoms with E-state index in [-0.39, 0.29) is 17.6 Å². The molecule has 3 aromatic rings. The Labute approximate surface area is 183 Å². The highest BCUT2D eigenvalue weighted by atomic mass is 35.5. The minimum absolute atomic E-state index is 0.236. The van der Waals surface area contributed by atoms with E-state index in [2.05, 4.69) is 10.3 Å². The van der Waals surface area contributed by atoms with Gasteiger partial charge in [-0.3, -0.25) is 9.36 Å². The Bertz CT molecular complexity index is 1050. The Morgan fingerprint density at radius 1 is 1.07 bits per heavy atom. The van der Waals surface area contributed by atoms with Crippen molar-refractivity contribution in [3.8, 4) is 17.1 Å². The summed E-state index contributed by atoms with van der Waals surface area (Å²) in [4.78, 5) is 17.3. The van der Waals surface area contributed by atoms with Crippen LogP contribution in [0.3, 0.4) is 0 Å². The molecule has 1 aromatic heterocycles. The third-order valence-corrected chi connectivity index (χ3v) is 5.81. The molecule has 1 aliphatic rings. The molecule has 1 aliphatic carbocycles. The minimum Gasteiger partial charge on any atom is -0.391 e. The van der Waals surface area contributed by atoms with Crippen molar-refractivity contribution < 1.29 is 9.90 Å². The number of benzene rings is 2. The van der Waals surface area contributed by atoms with E-state index in [4.69, 9.17) is 34.8 Å². The van der Waals surface area contributed by atoms with Crippen molar-refractivity contribution >= 4 is 40.7 Å². The summed E-state index contributed by atoms with van der Waals surface area (Å²) in [5.74, 6) is 0.168. The Balaban J connectivity index is 1.76. The van der Waals surface area contributed by atoms with Gasteiger partial charge in [0.25, 0.3) is 5.91 Å². The largest absolute Gasteiger partial charge is 0.391 e. The zero-order chi connectivity index (χ0) is 20.5. The summed E-state index contributed by atoms with van der Waals surface area (Å²) >= 11 is 18.4. The molecule has 2 unspecified atom stereocenters. The molecule has 0 spiro atoms. The number of carbonyl (C=O) groups excluding carboxylic acids is 1. The fraction of sp³-hybridized carbons (Fsp3) is 0.238. The van der Waals surface area contributed by atoms with Crippen LogP contribution < -0.4 is 5.32 Å². The summed E-state index contributed by atoms with van der Waals surface area (Å²) in [6.07, 6.45) is 3.45. The Hall–Kier alpha value is -2.05. The zero-order valence-corrected chi connectivity index (χ0v) is 17.5. The van der Waals surface area contributed by atoms with Crippen molar-refractivity contribution in [2.75, 3.05) is 0 Å². The van der Waals surface area contributed by atoms with Crippen LogP contribution >= 0.6 is 34.8 Å². The summed E-state index contributed by atoms with van der Waals surface area (Å²) in [6, 6.07) is 12.1. The smallest absolute Gasteiger partial charge is 0.271 e. The molecule has 0 aliphatic heterocycles. The second-order valence-corrected chi connectivity index (χ2v) is 8.28. The average Bonchev–Trinajstić information content (AvgIpc) is 3.29. The van der Waals surface area contributed by atoms with Gasteiger partial charge >= 0.3 is 0 Å². The molecule has 8 heteroatoms. The maximum absolute atomic E-state index is 12.8. The van der Waals surface area contributed by atoms with E-state index in [0.717, 1.165) is 18.5 Å². The van der Waals surface area contributed by atoms with Crippen molar-refractivity contribution in [1.82, 2.24) is 14.9 Å². The Kier molecular flexibility index (Phi) is 5.83. The first-order valence-electron chi connectivity index (χ1n) is 9.22. The van der Waals surface area contributed by atoms with E-state index >= 15 is 0 Å². The van der Waals surface area contributed by atoms with Crippen LogP contribution in [-0.2, 0) is 0 Å². The topological polar surface area (TPSA) is 67.2 Å². The van der Waals surface area contributed by atoms with Gasteiger partial charge in [-0.05, 0) is 61.7 Å². The van der Waals surface area contributed by atoms with Gasteiger partial charge < -0.3 is 10.4 Å². The highest BCUT2D eigenvalue weighted by Gasteiger charge is 2.28. The van der Waals surface area contributed by atoms with E-state index in [1.165, 1.54) is 0 Å². The number of rotatable bonds is 4. The third-order valence-electron chi connectivity index (χ3n) is 5.01. The summed E-state index contributed by atoms with van der Waals surface area (Å²) in [6.45, 7) is 0. The molecule has 1 amide bonds. The van der Waals surface area contributed by atoms with Gasteiger partial charge in [-0.2, -0.15) is 0 Å². The lowest BCUT2D eigenvalue weighted by Gasteiger charge is -2.15. The van der Waals surface area contributed by atoms with E-state index < -0.39 is 6.10 Å². The van der Waals surface area contributed by atoms with Crippen molar-refractivity contribution in [3.05, 3.63) is 69.4 Å². The first-order valence-corrected chi connectivity index (χ1v) is 10.4. The third kappa shape index (κ3) is 4.28. The fourth-order valence-corrected chi connectivity index (χ4v) is 4.12. The van der Waals surface area contributed by atoms with Crippen LogP contribution in [0.2, 0.25) is 15.1 Å². The van der Waals surface area contributed by atoms with E-state index in [9.17, 15) is 9.90 Å². The molecule has 1 heterocycles. The highest BCUT2D eigenvalue weighted by Crippen LogP contribution is 2.32. The average molecular weight is 451 g/mol. The van der Waals surface area contributed by atoms with Crippen LogP contribution in [0.5, 0.6) is 0 Å². The van der Waals surface area contributed by atoms with Gasteiger partial charge in [-0.1, -0.05) is 34.8 Å². The summed E-state index contributed by atoms with van der Waals surface area (Å²) < 4.78 is 1.78. The maximum Gasteiger partial charge on any atom is 0.271 e. The predicted octanol–water partition coefficient (Wildman–Crippen LogP) is 5.14. The quantitative estimate of drug-likeness (QED) is 0.578. The van der Waals surface area contributed by atoms with Gasteiger partial charge in [0.05, 0.1) is 17.2 Å². The highest BCUT2D eigenvalue weighted by molar-refractivity contribution is 6.36. The molecule has 2 N–H and O–H groups in total. The molecule has 2 atom stereocenters. The Morgan fingerprint density at radius 3 is 2.45 bits per heavy atom. The molecule has 29 heavy (non-hydrogen) atoms. The second kappa shape index (κ2) is 8.36. The molecule has 0 radical (unpaired) electrons. The number of halogens is 3. The van der Waals surface area contributed by atoms with Gasteiger partial charge in [-0.15, -0.1) is 0 Å². The number of aliphatic hydroxyl groups excluding tert-OH is 1. The number of carbonyl (C=O) groups is 1. The van der Waals surface area contributed by atoms with Gasteiger partial charge in [0.2, 0.25) is 0 Å².